The second kappa shape index (κ2) is 6.54. The Morgan fingerprint density at radius 3 is 2.55 bits per heavy atom. The molecule has 2 rings (SSSR count). The van der Waals surface area contributed by atoms with Crippen LogP contribution in [0.2, 0.25) is 0 Å². The molecule has 6 heteroatoms. The maximum Gasteiger partial charge on any atom is 0.348 e. The smallest absolute Gasteiger partial charge is 0.348 e. The molecule has 1 heterocycles. The normalized spacial score (nSPS) is 26.7. The molecule has 0 spiro atoms. The van der Waals surface area contributed by atoms with Crippen molar-refractivity contribution < 1.29 is 28.6 Å². The van der Waals surface area contributed by atoms with Crippen molar-refractivity contribution in [3.63, 3.8) is 0 Å². The fourth-order valence-corrected chi connectivity index (χ4v) is 2.44. The third kappa shape index (κ3) is 3.37. The fraction of sp³-hybridized carbons (Fsp3) is 0.643. The minimum atomic E-state index is -1.23. The van der Waals surface area contributed by atoms with E-state index in [-0.39, 0.29) is 12.7 Å². The van der Waals surface area contributed by atoms with Crippen LogP contribution in [0.4, 0.5) is 0 Å². The molecule has 1 saturated heterocycles. The zero-order chi connectivity index (χ0) is 14.5. The Morgan fingerprint density at radius 1 is 1.20 bits per heavy atom. The van der Waals surface area contributed by atoms with Gasteiger partial charge in [-0.3, -0.25) is 4.79 Å². The number of hydrogen-bond acceptors (Lipinski definition) is 6. The summed E-state index contributed by atoms with van der Waals surface area (Å²) < 4.78 is 15.0. The average Bonchev–Trinajstić information content (AvgIpc) is 2.81. The van der Waals surface area contributed by atoms with Gasteiger partial charge >= 0.3 is 17.9 Å². The van der Waals surface area contributed by atoms with Gasteiger partial charge in [-0.1, -0.05) is 13.0 Å². The summed E-state index contributed by atoms with van der Waals surface area (Å²) in [5, 5.41) is 0. The molecule has 20 heavy (non-hydrogen) atoms. The molecule has 0 bridgehead atoms. The van der Waals surface area contributed by atoms with Crippen molar-refractivity contribution in [1.29, 1.82) is 0 Å². The third-order valence-electron chi connectivity index (χ3n) is 3.55. The van der Waals surface area contributed by atoms with E-state index >= 15 is 0 Å². The molecule has 1 aliphatic heterocycles. The maximum atomic E-state index is 12.1. The van der Waals surface area contributed by atoms with Crippen LogP contribution in [0.1, 0.15) is 32.1 Å². The van der Waals surface area contributed by atoms with Crippen LogP contribution < -0.4 is 0 Å². The van der Waals surface area contributed by atoms with Crippen molar-refractivity contribution in [3.05, 3.63) is 12.7 Å². The molecule has 6 nitrogen and oxygen atoms in total. The number of carbonyl (C=O) groups is 3. The van der Waals surface area contributed by atoms with Gasteiger partial charge in [-0.25, -0.2) is 9.59 Å². The largest absolute Gasteiger partial charge is 0.462 e. The van der Waals surface area contributed by atoms with Gasteiger partial charge in [0.05, 0.1) is 0 Å². The minimum absolute atomic E-state index is 0.109. The van der Waals surface area contributed by atoms with Crippen molar-refractivity contribution in [3.8, 4) is 0 Å². The molecule has 2 atom stereocenters. The molecule has 0 aromatic heterocycles. The van der Waals surface area contributed by atoms with Crippen LogP contribution in [-0.4, -0.2) is 36.7 Å². The highest BCUT2D eigenvalue weighted by Gasteiger charge is 2.46. The first-order chi connectivity index (χ1) is 9.61. The van der Waals surface area contributed by atoms with Crippen molar-refractivity contribution in [2.45, 2.75) is 44.3 Å². The van der Waals surface area contributed by atoms with E-state index in [1.165, 1.54) is 0 Å². The Labute approximate surface area is 117 Å². The number of esters is 3. The molecule has 2 fully saturated rings. The summed E-state index contributed by atoms with van der Waals surface area (Å²) in [5.74, 6) is -2.90. The van der Waals surface area contributed by atoms with Crippen LogP contribution in [0.25, 0.3) is 0 Å². The summed E-state index contributed by atoms with van der Waals surface area (Å²) in [7, 11) is 0. The highest BCUT2D eigenvalue weighted by atomic mass is 16.6. The van der Waals surface area contributed by atoms with Crippen LogP contribution in [0, 0.1) is 5.92 Å². The Bertz CT molecular complexity index is 410. The van der Waals surface area contributed by atoms with Crippen molar-refractivity contribution in [2.24, 2.45) is 5.92 Å². The van der Waals surface area contributed by atoms with Crippen LogP contribution in [-0.2, 0) is 28.6 Å². The number of ether oxygens (including phenoxy) is 3. The summed E-state index contributed by atoms with van der Waals surface area (Å²) in [6.07, 6.45) is 4.50. The molecule has 0 N–H and O–H groups in total. The van der Waals surface area contributed by atoms with Gasteiger partial charge in [0.15, 0.2) is 0 Å². The number of cyclic esters (lactones) is 1. The fourth-order valence-electron chi connectivity index (χ4n) is 2.44. The summed E-state index contributed by atoms with van der Waals surface area (Å²) in [4.78, 5) is 34.7. The van der Waals surface area contributed by atoms with E-state index in [0.717, 1.165) is 38.2 Å². The van der Waals surface area contributed by atoms with Crippen LogP contribution >= 0.6 is 0 Å². The van der Waals surface area contributed by atoms with E-state index in [0.29, 0.717) is 0 Å². The molecule has 0 amide bonds. The van der Waals surface area contributed by atoms with Gasteiger partial charge in [0.25, 0.3) is 0 Å². The van der Waals surface area contributed by atoms with Gasteiger partial charge in [0.1, 0.15) is 18.6 Å². The Balaban J connectivity index is 1.94. The summed E-state index contributed by atoms with van der Waals surface area (Å²) in [5.41, 5.74) is 0. The first-order valence-corrected chi connectivity index (χ1v) is 6.82. The SMILES string of the molecule is C=CC(=O)OC1C(=O)OCC1C(=O)OC1CCCCC1. The molecule has 0 aromatic carbocycles. The summed E-state index contributed by atoms with van der Waals surface area (Å²) in [6, 6.07) is 0. The Kier molecular flexibility index (Phi) is 4.76. The second-order valence-electron chi connectivity index (χ2n) is 5.00. The standard InChI is InChI=1S/C14H18O6/c1-2-11(15)20-12-10(8-18-14(12)17)13(16)19-9-6-4-3-5-7-9/h2,9-10,12H,1,3-8H2. The third-order valence-corrected chi connectivity index (χ3v) is 3.55. The molecule has 0 aromatic rings. The van der Waals surface area contributed by atoms with E-state index < -0.39 is 29.9 Å². The van der Waals surface area contributed by atoms with Gasteiger partial charge in [0.2, 0.25) is 6.10 Å². The highest BCUT2D eigenvalue weighted by Crippen LogP contribution is 2.25. The second-order valence-corrected chi connectivity index (χ2v) is 5.00. The minimum Gasteiger partial charge on any atom is -0.462 e. The zero-order valence-corrected chi connectivity index (χ0v) is 11.2. The Hall–Kier alpha value is -1.85. The Morgan fingerprint density at radius 2 is 1.90 bits per heavy atom. The molecular formula is C14H18O6. The van der Waals surface area contributed by atoms with Crippen LogP contribution in [0.5, 0.6) is 0 Å². The quantitative estimate of drug-likeness (QED) is 0.437. The first kappa shape index (κ1) is 14.6. The van der Waals surface area contributed by atoms with Gasteiger partial charge in [-0.15, -0.1) is 0 Å². The summed E-state index contributed by atoms with van der Waals surface area (Å²) >= 11 is 0. The van der Waals surface area contributed by atoms with Gasteiger partial charge in [-0.05, 0) is 25.7 Å². The molecule has 0 radical (unpaired) electrons. The average molecular weight is 282 g/mol. The van der Waals surface area contributed by atoms with E-state index in [1.54, 1.807) is 0 Å². The van der Waals surface area contributed by atoms with Gasteiger partial charge in [0, 0.05) is 6.08 Å². The molecule has 110 valence electrons. The molecule has 2 aliphatic rings. The predicted molar refractivity (Wildman–Crippen MR) is 67.5 cm³/mol. The van der Waals surface area contributed by atoms with Crippen molar-refractivity contribution >= 4 is 17.9 Å². The monoisotopic (exact) mass is 282 g/mol. The van der Waals surface area contributed by atoms with E-state index in [9.17, 15) is 14.4 Å². The lowest BCUT2D eigenvalue weighted by Gasteiger charge is -2.23. The lowest BCUT2D eigenvalue weighted by atomic mass is 9.97. The van der Waals surface area contributed by atoms with Crippen LogP contribution in [0.15, 0.2) is 12.7 Å². The lowest BCUT2D eigenvalue weighted by molar-refractivity contribution is -0.165. The predicted octanol–water partition coefficient (Wildman–Crippen LogP) is 1.13. The molecule has 1 aliphatic carbocycles. The number of hydrogen-bond donors (Lipinski definition) is 0. The van der Waals surface area contributed by atoms with Crippen molar-refractivity contribution in [2.75, 3.05) is 6.61 Å². The van der Waals surface area contributed by atoms with Gasteiger partial charge < -0.3 is 14.2 Å². The zero-order valence-electron chi connectivity index (χ0n) is 11.2. The van der Waals surface area contributed by atoms with E-state index in [2.05, 4.69) is 6.58 Å². The number of rotatable bonds is 4. The molecular weight excluding hydrogens is 264 g/mol. The molecule has 1 saturated carbocycles. The maximum absolute atomic E-state index is 12.1. The summed E-state index contributed by atoms with van der Waals surface area (Å²) in [6.45, 7) is 3.14. The van der Waals surface area contributed by atoms with E-state index in [4.69, 9.17) is 14.2 Å². The lowest BCUT2D eigenvalue weighted by Crippen LogP contribution is -2.36. The first-order valence-electron chi connectivity index (χ1n) is 6.82. The van der Waals surface area contributed by atoms with Crippen LogP contribution in [0.3, 0.4) is 0 Å². The van der Waals surface area contributed by atoms with E-state index in [1.807, 2.05) is 0 Å². The number of carbonyl (C=O) groups excluding carboxylic acids is 3. The molecule has 2 unspecified atom stereocenters. The van der Waals surface area contributed by atoms with Gasteiger partial charge in [-0.2, -0.15) is 0 Å². The highest BCUT2D eigenvalue weighted by molar-refractivity contribution is 5.90. The van der Waals surface area contributed by atoms with Crippen molar-refractivity contribution in [1.82, 2.24) is 0 Å². The topological polar surface area (TPSA) is 78.9 Å².